The van der Waals surface area contributed by atoms with Crippen LogP contribution < -0.4 is 0 Å². The first kappa shape index (κ1) is 15.8. The average molecular weight is 284 g/mol. The molecule has 0 bridgehead atoms. The van der Waals surface area contributed by atoms with Crippen LogP contribution in [0.5, 0.6) is 0 Å². The summed E-state index contributed by atoms with van der Waals surface area (Å²) < 4.78 is 17.3. The van der Waals surface area contributed by atoms with Crippen molar-refractivity contribution >= 4 is 5.97 Å². The summed E-state index contributed by atoms with van der Waals surface area (Å²) in [4.78, 5) is 12.0. The van der Waals surface area contributed by atoms with E-state index in [2.05, 4.69) is 0 Å². The zero-order valence-corrected chi connectivity index (χ0v) is 13.4. The van der Waals surface area contributed by atoms with Crippen LogP contribution in [0.3, 0.4) is 0 Å². The van der Waals surface area contributed by atoms with E-state index < -0.39 is 5.79 Å². The molecule has 4 nitrogen and oxygen atoms in total. The number of hydrogen-bond donors (Lipinski definition) is 0. The summed E-state index contributed by atoms with van der Waals surface area (Å²) in [7, 11) is 0. The molecule has 0 aromatic carbocycles. The van der Waals surface area contributed by atoms with E-state index in [0.29, 0.717) is 12.5 Å². The van der Waals surface area contributed by atoms with Gasteiger partial charge >= 0.3 is 5.97 Å². The van der Waals surface area contributed by atoms with E-state index in [4.69, 9.17) is 14.2 Å². The van der Waals surface area contributed by atoms with E-state index in [0.717, 1.165) is 25.7 Å². The molecular formula is C16H28O4. The van der Waals surface area contributed by atoms with Crippen molar-refractivity contribution in [1.82, 2.24) is 0 Å². The zero-order chi connectivity index (χ0) is 15.0. The van der Waals surface area contributed by atoms with Gasteiger partial charge in [-0.25, -0.2) is 0 Å². The summed E-state index contributed by atoms with van der Waals surface area (Å²) >= 11 is 0. The van der Waals surface area contributed by atoms with Gasteiger partial charge in [0.15, 0.2) is 5.79 Å². The van der Waals surface area contributed by atoms with E-state index >= 15 is 0 Å². The summed E-state index contributed by atoms with van der Waals surface area (Å²) in [6, 6.07) is 0. The van der Waals surface area contributed by atoms with Gasteiger partial charge in [0.1, 0.15) is 0 Å². The van der Waals surface area contributed by atoms with Gasteiger partial charge in [-0.15, -0.1) is 0 Å². The van der Waals surface area contributed by atoms with Crippen LogP contribution in [0.4, 0.5) is 0 Å². The Morgan fingerprint density at radius 2 is 1.90 bits per heavy atom. The lowest BCUT2D eigenvalue weighted by Crippen LogP contribution is -2.34. The van der Waals surface area contributed by atoms with Gasteiger partial charge in [0.2, 0.25) is 0 Å². The summed E-state index contributed by atoms with van der Waals surface area (Å²) in [5.41, 5.74) is -0.383. The first-order valence-corrected chi connectivity index (χ1v) is 7.76. The molecule has 0 N–H and O–H groups in total. The highest BCUT2D eigenvalue weighted by atomic mass is 16.7. The molecule has 20 heavy (non-hydrogen) atoms. The fourth-order valence-corrected chi connectivity index (χ4v) is 2.88. The Morgan fingerprint density at radius 1 is 1.25 bits per heavy atom. The quantitative estimate of drug-likeness (QED) is 0.743. The van der Waals surface area contributed by atoms with Gasteiger partial charge in [-0.1, -0.05) is 6.92 Å². The van der Waals surface area contributed by atoms with Crippen molar-refractivity contribution < 1.29 is 19.0 Å². The number of rotatable bonds is 4. The molecule has 0 spiro atoms. The molecule has 1 heterocycles. The Hall–Kier alpha value is -0.610. The number of carbonyl (C=O) groups excluding carboxylic acids is 1. The third-order valence-electron chi connectivity index (χ3n) is 4.60. The molecule has 3 atom stereocenters. The smallest absolute Gasteiger partial charge is 0.311 e. The number of fused-ring (bicyclic) bond motifs is 1. The van der Waals surface area contributed by atoms with Crippen molar-refractivity contribution in [2.75, 3.05) is 6.61 Å². The Bertz CT molecular complexity index is 361. The molecule has 0 aromatic rings. The van der Waals surface area contributed by atoms with Gasteiger partial charge in [0.05, 0.1) is 24.2 Å². The minimum Gasteiger partial charge on any atom is -0.465 e. The topological polar surface area (TPSA) is 44.8 Å². The van der Waals surface area contributed by atoms with Crippen molar-refractivity contribution in [3.8, 4) is 0 Å². The average Bonchev–Trinajstić information content (AvgIpc) is 2.68. The van der Waals surface area contributed by atoms with Crippen LogP contribution >= 0.6 is 0 Å². The lowest BCUT2D eigenvalue weighted by Gasteiger charge is -2.30. The third kappa shape index (κ3) is 3.53. The highest BCUT2D eigenvalue weighted by molar-refractivity contribution is 5.75. The van der Waals surface area contributed by atoms with Crippen LogP contribution in [-0.4, -0.2) is 30.6 Å². The van der Waals surface area contributed by atoms with Crippen molar-refractivity contribution in [2.45, 2.75) is 78.3 Å². The lowest BCUT2D eigenvalue weighted by molar-refractivity contribution is -0.157. The highest BCUT2D eigenvalue weighted by Crippen LogP contribution is 2.39. The molecule has 0 radical (unpaired) electrons. The van der Waals surface area contributed by atoms with E-state index in [-0.39, 0.29) is 23.6 Å². The van der Waals surface area contributed by atoms with Crippen molar-refractivity contribution in [1.29, 1.82) is 0 Å². The maximum absolute atomic E-state index is 12.0. The number of esters is 1. The molecule has 0 amide bonds. The predicted molar refractivity (Wildman–Crippen MR) is 76.2 cm³/mol. The molecular weight excluding hydrogens is 256 g/mol. The van der Waals surface area contributed by atoms with Crippen LogP contribution in [0.25, 0.3) is 0 Å². The summed E-state index contributed by atoms with van der Waals surface area (Å²) in [6.45, 7) is 10.3. The molecule has 1 aliphatic heterocycles. The van der Waals surface area contributed by atoms with Gasteiger partial charge in [-0.3, -0.25) is 4.79 Å². The van der Waals surface area contributed by atoms with Gasteiger partial charge in [-0.05, 0) is 59.3 Å². The van der Waals surface area contributed by atoms with Crippen molar-refractivity contribution in [2.24, 2.45) is 11.3 Å². The second kappa shape index (κ2) is 5.64. The minimum atomic E-state index is -0.467. The summed E-state index contributed by atoms with van der Waals surface area (Å²) in [5.74, 6) is -0.165. The molecule has 4 heteroatoms. The van der Waals surface area contributed by atoms with E-state index in [1.54, 1.807) is 0 Å². The number of hydrogen-bond acceptors (Lipinski definition) is 4. The number of ether oxygens (including phenoxy) is 3. The molecule has 1 saturated heterocycles. The first-order chi connectivity index (χ1) is 9.23. The SMILES string of the molecule is CCC(C)(C)C(=O)OCC1CCC2OC(C)(C)OC2C1. The lowest BCUT2D eigenvalue weighted by atomic mass is 9.85. The van der Waals surface area contributed by atoms with Crippen LogP contribution in [-0.2, 0) is 19.0 Å². The number of carbonyl (C=O) groups is 1. The van der Waals surface area contributed by atoms with Crippen LogP contribution in [0.1, 0.15) is 60.3 Å². The molecule has 2 aliphatic rings. The molecule has 2 fully saturated rings. The molecule has 116 valence electrons. The Labute approximate surface area is 122 Å². The van der Waals surface area contributed by atoms with Gasteiger partial charge < -0.3 is 14.2 Å². The minimum absolute atomic E-state index is 0.0916. The second-order valence-corrected chi connectivity index (χ2v) is 7.23. The first-order valence-electron chi connectivity index (χ1n) is 7.76. The normalized spacial score (nSPS) is 32.8. The fourth-order valence-electron chi connectivity index (χ4n) is 2.88. The zero-order valence-electron chi connectivity index (χ0n) is 13.4. The summed E-state index contributed by atoms with van der Waals surface area (Å²) in [6.07, 6.45) is 4.12. The summed E-state index contributed by atoms with van der Waals surface area (Å²) in [5, 5.41) is 0. The van der Waals surface area contributed by atoms with E-state index in [1.165, 1.54) is 0 Å². The molecule has 1 saturated carbocycles. The fraction of sp³-hybridized carbons (Fsp3) is 0.938. The Balaban J connectivity index is 1.80. The van der Waals surface area contributed by atoms with E-state index in [9.17, 15) is 4.79 Å². The van der Waals surface area contributed by atoms with E-state index in [1.807, 2.05) is 34.6 Å². The van der Waals surface area contributed by atoms with Crippen molar-refractivity contribution in [3.63, 3.8) is 0 Å². The third-order valence-corrected chi connectivity index (χ3v) is 4.60. The molecule has 1 aliphatic carbocycles. The Morgan fingerprint density at radius 3 is 2.55 bits per heavy atom. The molecule has 3 unspecified atom stereocenters. The molecule has 2 rings (SSSR count). The standard InChI is InChI=1S/C16H28O4/c1-6-15(2,3)14(17)18-10-11-7-8-12-13(9-11)20-16(4,5)19-12/h11-13H,6-10H2,1-5H3. The van der Waals surface area contributed by atoms with Crippen LogP contribution in [0, 0.1) is 11.3 Å². The van der Waals surface area contributed by atoms with Crippen molar-refractivity contribution in [3.05, 3.63) is 0 Å². The van der Waals surface area contributed by atoms with Gasteiger partial charge in [0.25, 0.3) is 0 Å². The second-order valence-electron chi connectivity index (χ2n) is 7.23. The van der Waals surface area contributed by atoms with Gasteiger partial charge in [-0.2, -0.15) is 0 Å². The van der Waals surface area contributed by atoms with Crippen LogP contribution in [0.2, 0.25) is 0 Å². The highest BCUT2D eigenvalue weighted by Gasteiger charge is 2.44. The maximum atomic E-state index is 12.0. The van der Waals surface area contributed by atoms with Crippen LogP contribution in [0.15, 0.2) is 0 Å². The predicted octanol–water partition coefficient (Wildman–Crippen LogP) is 3.29. The Kier molecular flexibility index (Phi) is 4.45. The largest absolute Gasteiger partial charge is 0.465 e. The maximum Gasteiger partial charge on any atom is 0.311 e. The molecule has 0 aromatic heterocycles. The van der Waals surface area contributed by atoms with Gasteiger partial charge in [0, 0.05) is 0 Å². The monoisotopic (exact) mass is 284 g/mol.